The summed E-state index contributed by atoms with van der Waals surface area (Å²) in [7, 11) is 1.73. The zero-order chi connectivity index (χ0) is 24.9. The number of rotatable bonds is 6. The number of carbonyl (C=O) groups excluding carboxylic acids is 2. The van der Waals surface area contributed by atoms with Crippen molar-refractivity contribution in [2.45, 2.75) is 12.8 Å². The molecule has 0 radical (unpaired) electrons. The van der Waals surface area contributed by atoms with E-state index in [-0.39, 0.29) is 17.7 Å². The number of aryl methyl sites for hydroxylation is 1. The lowest BCUT2D eigenvalue weighted by molar-refractivity contribution is 0.0602. The Balaban J connectivity index is 1.41. The van der Waals surface area contributed by atoms with Crippen LogP contribution in [0.15, 0.2) is 82.7 Å². The molecule has 0 saturated carbocycles. The van der Waals surface area contributed by atoms with Crippen molar-refractivity contribution >= 4 is 39.1 Å². The quantitative estimate of drug-likeness (QED) is 0.456. The summed E-state index contributed by atoms with van der Waals surface area (Å²) >= 11 is 3.33. The number of hydrogen-bond donors (Lipinski definition) is 2. The first kappa shape index (κ1) is 24.3. The van der Waals surface area contributed by atoms with Gasteiger partial charge >= 0.3 is 0 Å². The van der Waals surface area contributed by atoms with Crippen LogP contribution in [0.5, 0.6) is 0 Å². The molecular formula is C27H26BrN5O2. The molecule has 0 unspecified atom stereocenters. The first-order valence-corrected chi connectivity index (χ1v) is 12.0. The normalized spacial score (nSPS) is 14.1. The summed E-state index contributed by atoms with van der Waals surface area (Å²) in [5.41, 5.74) is 11.0. The average molecular weight is 532 g/mol. The lowest BCUT2D eigenvalue weighted by Crippen LogP contribution is -2.48. The second-order valence-corrected chi connectivity index (χ2v) is 9.29. The van der Waals surface area contributed by atoms with Crippen LogP contribution in [0.3, 0.4) is 0 Å². The Labute approximate surface area is 212 Å². The molecule has 178 valence electrons. The van der Waals surface area contributed by atoms with Gasteiger partial charge in [-0.25, -0.2) is 0 Å². The highest BCUT2D eigenvalue weighted by Crippen LogP contribution is 2.29. The third kappa shape index (κ3) is 5.49. The van der Waals surface area contributed by atoms with Gasteiger partial charge < -0.3 is 16.0 Å². The van der Waals surface area contributed by atoms with E-state index >= 15 is 0 Å². The molecule has 0 bridgehead atoms. The number of likely N-dealkylation sites (tertiary alicyclic amines) is 1. The number of aliphatic imine (C=N–C) groups is 1. The highest BCUT2D eigenvalue weighted by Gasteiger charge is 2.32. The standard InChI is InChI=1S/C27H26BrN5O2/c1-17-3-4-20(12-25(17)32-26(34)21-11-23(28)14-31-13-21)27(35)33-15-22(16-33)18-5-7-19(8-6-18)24(30-2)9-10-29/h3-14,22H,15-16,29H2,1-2H3,(H,32,34). The van der Waals surface area contributed by atoms with Gasteiger partial charge in [0.2, 0.25) is 0 Å². The van der Waals surface area contributed by atoms with Crippen LogP contribution < -0.4 is 11.1 Å². The second-order valence-electron chi connectivity index (χ2n) is 8.37. The van der Waals surface area contributed by atoms with Gasteiger partial charge in [0.1, 0.15) is 0 Å². The Morgan fingerprint density at radius 2 is 1.80 bits per heavy atom. The second kappa shape index (κ2) is 10.7. The topological polar surface area (TPSA) is 101 Å². The van der Waals surface area contributed by atoms with Gasteiger partial charge in [0.05, 0.1) is 11.3 Å². The third-order valence-corrected chi connectivity index (χ3v) is 6.48. The molecule has 0 aliphatic carbocycles. The highest BCUT2D eigenvalue weighted by molar-refractivity contribution is 9.10. The molecule has 3 N–H and O–H groups in total. The van der Waals surface area contributed by atoms with E-state index in [1.807, 2.05) is 30.0 Å². The van der Waals surface area contributed by atoms with E-state index in [9.17, 15) is 9.59 Å². The fourth-order valence-corrected chi connectivity index (χ4v) is 4.34. The summed E-state index contributed by atoms with van der Waals surface area (Å²) in [6.07, 6.45) is 6.37. The molecule has 35 heavy (non-hydrogen) atoms. The Hall–Kier alpha value is -3.78. The van der Waals surface area contributed by atoms with E-state index < -0.39 is 0 Å². The zero-order valence-corrected chi connectivity index (χ0v) is 21.1. The van der Waals surface area contributed by atoms with Crippen LogP contribution in [-0.2, 0) is 0 Å². The maximum absolute atomic E-state index is 13.1. The lowest BCUT2D eigenvalue weighted by Gasteiger charge is -2.39. The fraction of sp³-hybridized carbons (Fsp3) is 0.185. The number of nitrogens with one attached hydrogen (secondary N) is 1. The predicted molar refractivity (Wildman–Crippen MR) is 142 cm³/mol. The Morgan fingerprint density at radius 1 is 1.09 bits per heavy atom. The number of benzene rings is 2. The fourth-order valence-electron chi connectivity index (χ4n) is 3.98. The molecule has 0 spiro atoms. The Kier molecular flexibility index (Phi) is 7.41. The van der Waals surface area contributed by atoms with Crippen LogP contribution in [0, 0.1) is 6.92 Å². The number of anilines is 1. The van der Waals surface area contributed by atoms with Crippen LogP contribution in [-0.4, -0.2) is 47.5 Å². The molecule has 3 aromatic rings. The van der Waals surface area contributed by atoms with Crippen LogP contribution in [0.25, 0.3) is 0 Å². The molecule has 2 heterocycles. The van der Waals surface area contributed by atoms with Crippen molar-refractivity contribution in [3.63, 3.8) is 0 Å². The Bertz CT molecular complexity index is 1310. The van der Waals surface area contributed by atoms with Gasteiger partial charge in [-0.2, -0.15) is 0 Å². The van der Waals surface area contributed by atoms with E-state index in [2.05, 4.69) is 43.4 Å². The molecule has 1 aromatic heterocycles. The third-order valence-electron chi connectivity index (χ3n) is 6.04. The van der Waals surface area contributed by atoms with Crippen LogP contribution in [0.1, 0.15) is 43.3 Å². The molecule has 1 aliphatic rings. The van der Waals surface area contributed by atoms with Crippen molar-refractivity contribution in [3.05, 3.63) is 105 Å². The smallest absolute Gasteiger partial charge is 0.257 e. The number of carbonyl (C=O) groups is 2. The van der Waals surface area contributed by atoms with E-state index in [1.54, 1.807) is 37.5 Å². The van der Waals surface area contributed by atoms with Crippen molar-refractivity contribution in [2.24, 2.45) is 10.7 Å². The van der Waals surface area contributed by atoms with Gasteiger partial charge in [-0.3, -0.25) is 19.6 Å². The maximum atomic E-state index is 13.1. The number of nitrogens with two attached hydrogens (primary N) is 1. The first-order chi connectivity index (χ1) is 16.9. The van der Waals surface area contributed by atoms with Crippen molar-refractivity contribution < 1.29 is 9.59 Å². The number of pyridine rings is 1. The molecule has 2 aromatic carbocycles. The maximum Gasteiger partial charge on any atom is 0.257 e. The Morgan fingerprint density at radius 3 is 2.46 bits per heavy atom. The van der Waals surface area contributed by atoms with Gasteiger partial charge in [-0.05, 0) is 70.0 Å². The summed E-state index contributed by atoms with van der Waals surface area (Å²) in [5.74, 6) is -0.0446. The zero-order valence-electron chi connectivity index (χ0n) is 19.5. The summed E-state index contributed by atoms with van der Waals surface area (Å²) in [6.45, 7) is 3.19. The molecule has 0 atom stereocenters. The molecular weight excluding hydrogens is 506 g/mol. The number of allylic oxidation sites excluding steroid dienone is 1. The van der Waals surface area contributed by atoms with E-state index in [0.717, 1.165) is 21.3 Å². The number of amides is 2. The van der Waals surface area contributed by atoms with Gasteiger partial charge in [-0.1, -0.05) is 30.3 Å². The van der Waals surface area contributed by atoms with Crippen LogP contribution in [0.4, 0.5) is 5.69 Å². The van der Waals surface area contributed by atoms with Crippen molar-refractivity contribution in [1.82, 2.24) is 9.88 Å². The number of hydrogen-bond acceptors (Lipinski definition) is 5. The monoisotopic (exact) mass is 531 g/mol. The van der Waals surface area contributed by atoms with Crippen molar-refractivity contribution in [2.75, 3.05) is 25.5 Å². The molecule has 8 heteroatoms. The van der Waals surface area contributed by atoms with Gasteiger partial charge in [0.15, 0.2) is 0 Å². The summed E-state index contributed by atoms with van der Waals surface area (Å²) in [6, 6.07) is 15.3. The largest absolute Gasteiger partial charge is 0.405 e. The average Bonchev–Trinajstić information content (AvgIpc) is 2.83. The molecule has 1 fully saturated rings. The molecule has 7 nitrogen and oxygen atoms in total. The van der Waals surface area contributed by atoms with Crippen molar-refractivity contribution in [3.8, 4) is 0 Å². The molecule has 2 amide bonds. The highest BCUT2D eigenvalue weighted by atomic mass is 79.9. The number of halogens is 1. The van der Waals surface area contributed by atoms with E-state index in [1.165, 1.54) is 18.0 Å². The van der Waals surface area contributed by atoms with Crippen LogP contribution in [0.2, 0.25) is 0 Å². The molecule has 4 rings (SSSR count). The molecule has 1 aliphatic heterocycles. The minimum Gasteiger partial charge on any atom is -0.405 e. The minimum atomic E-state index is -0.280. The van der Waals surface area contributed by atoms with E-state index in [4.69, 9.17) is 5.73 Å². The van der Waals surface area contributed by atoms with Gasteiger partial charge in [-0.15, -0.1) is 0 Å². The summed E-state index contributed by atoms with van der Waals surface area (Å²) in [4.78, 5) is 35.8. The van der Waals surface area contributed by atoms with Gasteiger partial charge in [0, 0.05) is 54.2 Å². The van der Waals surface area contributed by atoms with Crippen molar-refractivity contribution in [1.29, 1.82) is 0 Å². The summed E-state index contributed by atoms with van der Waals surface area (Å²) < 4.78 is 0.721. The first-order valence-electron chi connectivity index (χ1n) is 11.2. The SMILES string of the molecule is CN=C(C=CN)c1ccc(C2CN(C(=O)c3ccc(C)c(NC(=O)c4cncc(Br)c4)c3)C2)cc1. The summed E-state index contributed by atoms with van der Waals surface area (Å²) in [5, 5.41) is 2.89. The minimum absolute atomic E-state index is 0.0500. The van der Waals surface area contributed by atoms with Crippen LogP contribution >= 0.6 is 15.9 Å². The lowest BCUT2D eigenvalue weighted by atomic mass is 9.90. The predicted octanol–water partition coefficient (Wildman–Crippen LogP) is 4.54. The van der Waals surface area contributed by atoms with E-state index in [0.29, 0.717) is 29.9 Å². The molecule has 1 saturated heterocycles. The number of aromatic nitrogens is 1. The van der Waals surface area contributed by atoms with Gasteiger partial charge in [0.25, 0.3) is 11.8 Å². The number of nitrogens with zero attached hydrogens (tertiary/aromatic N) is 3.